The van der Waals surface area contributed by atoms with Crippen molar-refractivity contribution in [2.75, 3.05) is 0 Å². The van der Waals surface area contributed by atoms with Gasteiger partial charge in [0.2, 0.25) is 0 Å². The zero-order valence-corrected chi connectivity index (χ0v) is 16.9. The van der Waals surface area contributed by atoms with Gasteiger partial charge >= 0.3 is 0 Å². The summed E-state index contributed by atoms with van der Waals surface area (Å²) in [6.45, 7) is 9.01. The molecule has 138 valence electrons. The molecule has 3 aromatic carbocycles. The van der Waals surface area contributed by atoms with Crippen LogP contribution in [0.4, 0.5) is 0 Å². The average molecular weight is 364 g/mol. The quantitative estimate of drug-likeness (QED) is 0.358. The number of para-hydroxylation sites is 1. The first-order chi connectivity index (χ1) is 13.6. The van der Waals surface area contributed by atoms with E-state index in [0.29, 0.717) is 0 Å². The van der Waals surface area contributed by atoms with Gasteiger partial charge in [-0.25, -0.2) is 0 Å². The van der Waals surface area contributed by atoms with Gasteiger partial charge in [-0.1, -0.05) is 68.5 Å². The zero-order chi connectivity index (χ0) is 19.5. The van der Waals surface area contributed by atoms with Crippen LogP contribution >= 0.6 is 0 Å². The van der Waals surface area contributed by atoms with Crippen molar-refractivity contribution in [1.82, 2.24) is 4.98 Å². The minimum absolute atomic E-state index is 0.00229. The Balaban J connectivity index is 1.81. The van der Waals surface area contributed by atoms with E-state index in [9.17, 15) is 0 Å². The van der Waals surface area contributed by atoms with E-state index < -0.39 is 0 Å². The number of aromatic nitrogens is 1. The SMILES string of the molecule is CC=C1/C(=C\C)c2cccc(-c3ccc4[nH]c5ccccc5c4c3)c2C1(C)C. The van der Waals surface area contributed by atoms with Gasteiger partial charge in [-0.15, -0.1) is 0 Å². The van der Waals surface area contributed by atoms with Crippen molar-refractivity contribution in [3.05, 3.63) is 89.5 Å². The topological polar surface area (TPSA) is 15.8 Å². The molecule has 1 nitrogen and oxygen atoms in total. The molecule has 0 spiro atoms. The second-order valence-corrected chi connectivity index (χ2v) is 8.19. The van der Waals surface area contributed by atoms with Crippen molar-refractivity contribution >= 4 is 27.4 Å². The van der Waals surface area contributed by atoms with Gasteiger partial charge < -0.3 is 4.98 Å². The van der Waals surface area contributed by atoms with E-state index in [4.69, 9.17) is 0 Å². The smallest absolute Gasteiger partial charge is 0.0465 e. The summed E-state index contributed by atoms with van der Waals surface area (Å²) in [5.41, 5.74) is 10.6. The second-order valence-electron chi connectivity index (χ2n) is 8.19. The molecular formula is C27H25N. The highest BCUT2D eigenvalue weighted by molar-refractivity contribution is 6.08. The number of allylic oxidation sites excluding steroid dienone is 4. The molecule has 4 aromatic rings. The molecule has 0 bridgehead atoms. The molecule has 28 heavy (non-hydrogen) atoms. The molecule has 0 aliphatic heterocycles. The first-order valence-corrected chi connectivity index (χ1v) is 10.0. The van der Waals surface area contributed by atoms with Gasteiger partial charge in [-0.2, -0.15) is 0 Å². The minimum atomic E-state index is -0.00229. The van der Waals surface area contributed by atoms with Crippen LogP contribution in [0.25, 0.3) is 38.5 Å². The van der Waals surface area contributed by atoms with Crippen molar-refractivity contribution in [1.29, 1.82) is 0 Å². The summed E-state index contributed by atoms with van der Waals surface area (Å²) in [7, 11) is 0. The Bertz CT molecular complexity index is 1290. The molecule has 5 rings (SSSR count). The van der Waals surface area contributed by atoms with Crippen LogP contribution in [0.2, 0.25) is 0 Å². The van der Waals surface area contributed by atoms with E-state index in [-0.39, 0.29) is 5.41 Å². The van der Waals surface area contributed by atoms with E-state index in [0.717, 1.165) is 0 Å². The lowest BCUT2D eigenvalue weighted by Gasteiger charge is -2.24. The number of aromatic amines is 1. The van der Waals surface area contributed by atoms with Crippen LogP contribution in [-0.2, 0) is 5.41 Å². The van der Waals surface area contributed by atoms with Crippen LogP contribution in [0.1, 0.15) is 38.8 Å². The third-order valence-electron chi connectivity index (χ3n) is 6.34. The zero-order valence-electron chi connectivity index (χ0n) is 16.9. The van der Waals surface area contributed by atoms with Crippen molar-refractivity contribution in [3.8, 4) is 11.1 Å². The molecule has 1 aliphatic carbocycles. The lowest BCUT2D eigenvalue weighted by atomic mass is 9.78. The molecule has 0 amide bonds. The highest BCUT2D eigenvalue weighted by atomic mass is 14.7. The van der Waals surface area contributed by atoms with Crippen LogP contribution in [0.3, 0.4) is 0 Å². The van der Waals surface area contributed by atoms with Gasteiger partial charge in [0.15, 0.2) is 0 Å². The standard InChI is InChI=1S/C27H25N/c1-5-18-21-12-9-11-19(26(21)27(3,4)23(18)6-2)17-14-15-25-22(16-17)20-10-7-8-13-24(20)28-25/h5-16,28H,1-4H3/b18-5-,23-6?. The fourth-order valence-electron chi connectivity index (χ4n) is 5.15. The Morgan fingerprint density at radius 1 is 0.750 bits per heavy atom. The summed E-state index contributed by atoms with van der Waals surface area (Å²) in [5, 5.41) is 2.58. The molecule has 0 unspecified atom stereocenters. The van der Waals surface area contributed by atoms with Crippen LogP contribution in [0, 0.1) is 0 Å². The molecule has 0 saturated carbocycles. The van der Waals surface area contributed by atoms with Gasteiger partial charge in [0.05, 0.1) is 0 Å². The number of fused-ring (bicyclic) bond motifs is 4. The number of benzene rings is 3. The van der Waals surface area contributed by atoms with Crippen LogP contribution in [0.5, 0.6) is 0 Å². The van der Waals surface area contributed by atoms with E-state index in [1.54, 1.807) is 0 Å². The predicted molar refractivity (Wildman–Crippen MR) is 122 cm³/mol. The summed E-state index contributed by atoms with van der Waals surface area (Å²) in [4.78, 5) is 3.54. The van der Waals surface area contributed by atoms with Gasteiger partial charge in [0.1, 0.15) is 0 Å². The molecule has 0 saturated heterocycles. The Morgan fingerprint density at radius 3 is 2.29 bits per heavy atom. The Morgan fingerprint density at radius 2 is 1.50 bits per heavy atom. The molecule has 1 heterocycles. The van der Waals surface area contributed by atoms with Crippen molar-refractivity contribution in [2.24, 2.45) is 0 Å². The maximum atomic E-state index is 3.54. The van der Waals surface area contributed by atoms with Crippen LogP contribution in [0.15, 0.2) is 78.4 Å². The number of hydrogen-bond acceptors (Lipinski definition) is 0. The third-order valence-corrected chi connectivity index (χ3v) is 6.34. The molecule has 0 radical (unpaired) electrons. The van der Waals surface area contributed by atoms with Crippen LogP contribution < -0.4 is 0 Å². The molecule has 0 atom stereocenters. The first-order valence-electron chi connectivity index (χ1n) is 10.0. The lowest BCUT2D eigenvalue weighted by Crippen LogP contribution is -2.16. The number of nitrogens with one attached hydrogen (secondary N) is 1. The molecule has 1 aliphatic rings. The van der Waals surface area contributed by atoms with E-state index in [1.807, 2.05) is 0 Å². The van der Waals surface area contributed by atoms with Crippen LogP contribution in [-0.4, -0.2) is 4.98 Å². The summed E-state index contributed by atoms with van der Waals surface area (Å²) in [6, 6.07) is 22.1. The van der Waals surface area contributed by atoms with Gasteiger partial charge in [-0.05, 0) is 65.4 Å². The van der Waals surface area contributed by atoms with E-state index >= 15 is 0 Å². The third kappa shape index (κ3) is 2.19. The van der Waals surface area contributed by atoms with Gasteiger partial charge in [-0.3, -0.25) is 0 Å². The summed E-state index contributed by atoms with van der Waals surface area (Å²) < 4.78 is 0. The first kappa shape index (κ1) is 17.1. The fourth-order valence-corrected chi connectivity index (χ4v) is 5.15. The predicted octanol–water partition coefficient (Wildman–Crippen LogP) is 7.63. The number of H-pyrrole nitrogens is 1. The lowest BCUT2D eigenvalue weighted by molar-refractivity contribution is 0.661. The Labute approximate surface area is 166 Å². The highest BCUT2D eigenvalue weighted by Crippen LogP contribution is 2.53. The van der Waals surface area contributed by atoms with Crippen molar-refractivity contribution < 1.29 is 0 Å². The molecule has 0 fully saturated rings. The summed E-state index contributed by atoms with van der Waals surface area (Å²) in [6.07, 6.45) is 4.54. The Kier molecular flexibility index (Phi) is 3.64. The summed E-state index contributed by atoms with van der Waals surface area (Å²) in [5.74, 6) is 0. The normalized spacial score (nSPS) is 18.4. The largest absolute Gasteiger partial charge is 0.355 e. The number of rotatable bonds is 1. The maximum absolute atomic E-state index is 3.54. The second kappa shape index (κ2) is 5.97. The van der Waals surface area contributed by atoms with Gasteiger partial charge in [0.25, 0.3) is 0 Å². The molecule has 1 heteroatoms. The Hall–Kier alpha value is -3.06. The molecule has 1 N–H and O–H groups in total. The molecule has 1 aromatic heterocycles. The minimum Gasteiger partial charge on any atom is -0.355 e. The highest BCUT2D eigenvalue weighted by Gasteiger charge is 2.39. The van der Waals surface area contributed by atoms with Gasteiger partial charge in [0, 0.05) is 27.2 Å². The van der Waals surface area contributed by atoms with E-state index in [2.05, 4.69) is 105 Å². The fraction of sp³-hybridized carbons (Fsp3) is 0.185. The maximum Gasteiger partial charge on any atom is 0.0465 e. The van der Waals surface area contributed by atoms with Crippen molar-refractivity contribution in [3.63, 3.8) is 0 Å². The van der Waals surface area contributed by atoms with E-state index in [1.165, 1.54) is 55.2 Å². The number of hydrogen-bond donors (Lipinski definition) is 1. The molecular weight excluding hydrogens is 338 g/mol. The monoisotopic (exact) mass is 363 g/mol. The van der Waals surface area contributed by atoms with Crippen molar-refractivity contribution in [2.45, 2.75) is 33.1 Å². The average Bonchev–Trinajstić information content (AvgIpc) is 3.19. The summed E-state index contributed by atoms with van der Waals surface area (Å²) >= 11 is 0.